The van der Waals surface area contributed by atoms with E-state index in [2.05, 4.69) is 234 Å². The summed E-state index contributed by atoms with van der Waals surface area (Å²) in [6.07, 6.45) is 0. The molecule has 0 atom stereocenters. The highest BCUT2D eigenvalue weighted by Crippen LogP contribution is 2.46. The minimum absolute atomic E-state index is 0.552. The smallest absolute Gasteiger partial charge is 0.238 e. The van der Waals surface area contributed by atoms with E-state index in [1.54, 1.807) is 0 Å². The molecule has 0 aliphatic carbocycles. The van der Waals surface area contributed by atoms with Gasteiger partial charge in [0.15, 0.2) is 11.6 Å². The zero-order valence-corrected chi connectivity index (χ0v) is 36.9. The van der Waals surface area contributed by atoms with Crippen LogP contribution in [0.3, 0.4) is 0 Å². The van der Waals surface area contributed by atoms with Gasteiger partial charge >= 0.3 is 0 Å². The Kier molecular flexibility index (Phi) is 9.43. The van der Waals surface area contributed by atoms with Gasteiger partial charge in [0.1, 0.15) is 0 Å². The third-order valence-corrected chi connectivity index (χ3v) is 13.2. The van der Waals surface area contributed by atoms with E-state index < -0.39 is 0 Å². The molecular weight excluding hydrogens is 827 g/mol. The number of hydrogen-bond acceptors (Lipinski definition) is 3. The van der Waals surface area contributed by atoms with E-state index in [1.807, 2.05) is 24.3 Å². The first kappa shape index (κ1) is 39.2. The number of para-hydroxylation sites is 3. The molecule has 3 heterocycles. The zero-order chi connectivity index (χ0) is 45.0. The maximum Gasteiger partial charge on any atom is 0.238 e. The normalized spacial score (nSPS) is 11.5. The average molecular weight is 868 g/mol. The molecule has 0 spiro atoms. The molecule has 0 aliphatic heterocycles. The third kappa shape index (κ3) is 6.59. The second-order valence-electron chi connectivity index (χ2n) is 17.2. The first-order valence-corrected chi connectivity index (χ1v) is 23.0. The summed E-state index contributed by atoms with van der Waals surface area (Å²) < 4.78 is 4.76. The number of fused-ring (bicyclic) bond motifs is 7. The van der Waals surface area contributed by atoms with Crippen LogP contribution in [0.5, 0.6) is 0 Å². The minimum atomic E-state index is 0.552. The molecule has 0 aliphatic rings. The van der Waals surface area contributed by atoms with E-state index in [4.69, 9.17) is 15.0 Å². The Morgan fingerprint density at radius 3 is 1.38 bits per heavy atom. The van der Waals surface area contributed by atoms with E-state index in [0.29, 0.717) is 17.6 Å². The Bertz CT molecular complexity index is 3990. The topological polar surface area (TPSA) is 48.5 Å². The highest BCUT2D eigenvalue weighted by Gasteiger charge is 2.25. The van der Waals surface area contributed by atoms with Crippen LogP contribution in [0, 0.1) is 0 Å². The van der Waals surface area contributed by atoms with Gasteiger partial charge < -0.3 is 4.57 Å². The van der Waals surface area contributed by atoms with Gasteiger partial charge in [0.25, 0.3) is 0 Å². The van der Waals surface area contributed by atoms with Crippen molar-refractivity contribution in [2.24, 2.45) is 0 Å². The van der Waals surface area contributed by atoms with Crippen molar-refractivity contribution < 1.29 is 0 Å². The quantitative estimate of drug-likeness (QED) is 0.153. The van der Waals surface area contributed by atoms with Gasteiger partial charge in [0.05, 0.1) is 27.8 Å². The van der Waals surface area contributed by atoms with Crippen LogP contribution in [0.1, 0.15) is 0 Å². The highest BCUT2D eigenvalue weighted by atomic mass is 15.2. The molecule has 10 aromatic carbocycles. The Balaban J connectivity index is 1.11. The van der Waals surface area contributed by atoms with E-state index in [0.717, 1.165) is 83.0 Å². The van der Waals surface area contributed by atoms with Gasteiger partial charge in [-0.2, -0.15) is 9.97 Å². The van der Waals surface area contributed by atoms with Gasteiger partial charge in [-0.3, -0.25) is 4.57 Å². The van der Waals surface area contributed by atoms with Crippen LogP contribution in [-0.2, 0) is 0 Å². The van der Waals surface area contributed by atoms with Crippen LogP contribution < -0.4 is 0 Å². The molecule has 0 bridgehead atoms. The number of rotatable bonds is 8. The molecule has 68 heavy (non-hydrogen) atoms. The van der Waals surface area contributed by atoms with E-state index in [1.165, 1.54) is 21.9 Å². The van der Waals surface area contributed by atoms with Crippen molar-refractivity contribution in [3.63, 3.8) is 0 Å². The van der Waals surface area contributed by atoms with E-state index >= 15 is 0 Å². The average Bonchev–Trinajstić information content (AvgIpc) is 3.94. The van der Waals surface area contributed by atoms with Gasteiger partial charge in [-0.15, -0.1) is 0 Å². The summed E-state index contributed by atoms with van der Waals surface area (Å²) in [4.78, 5) is 15.9. The molecule has 0 N–H and O–H groups in total. The van der Waals surface area contributed by atoms with Crippen molar-refractivity contribution in [1.82, 2.24) is 24.1 Å². The van der Waals surface area contributed by atoms with Crippen molar-refractivity contribution >= 4 is 43.6 Å². The summed E-state index contributed by atoms with van der Waals surface area (Å²) in [5.41, 5.74) is 16.4. The zero-order valence-electron chi connectivity index (χ0n) is 36.9. The van der Waals surface area contributed by atoms with E-state index in [9.17, 15) is 0 Å². The van der Waals surface area contributed by atoms with Gasteiger partial charge in [-0.25, -0.2) is 4.98 Å². The predicted molar refractivity (Wildman–Crippen MR) is 281 cm³/mol. The Morgan fingerprint density at radius 1 is 0.265 bits per heavy atom. The summed E-state index contributed by atoms with van der Waals surface area (Å²) in [7, 11) is 0. The summed E-state index contributed by atoms with van der Waals surface area (Å²) in [6.45, 7) is 0. The number of nitrogens with zero attached hydrogens (tertiary/aromatic N) is 5. The van der Waals surface area contributed by atoms with Crippen molar-refractivity contribution in [2.45, 2.75) is 0 Å². The Labute approximate surface area is 393 Å². The van der Waals surface area contributed by atoms with Crippen molar-refractivity contribution in [1.29, 1.82) is 0 Å². The Hall–Kier alpha value is -9.19. The molecule has 0 saturated carbocycles. The van der Waals surface area contributed by atoms with Gasteiger partial charge in [-0.1, -0.05) is 224 Å². The number of hydrogen-bond donors (Lipinski definition) is 0. The summed E-state index contributed by atoms with van der Waals surface area (Å²) in [5.74, 6) is 1.76. The molecule has 0 unspecified atom stereocenters. The van der Waals surface area contributed by atoms with Gasteiger partial charge in [0.2, 0.25) is 5.95 Å². The third-order valence-electron chi connectivity index (χ3n) is 13.2. The largest absolute Gasteiger partial charge is 0.307 e. The maximum atomic E-state index is 5.38. The van der Waals surface area contributed by atoms with Gasteiger partial charge in [-0.05, 0) is 57.6 Å². The molecule has 13 rings (SSSR count). The highest BCUT2D eigenvalue weighted by molar-refractivity contribution is 6.26. The summed E-state index contributed by atoms with van der Waals surface area (Å²) >= 11 is 0. The van der Waals surface area contributed by atoms with Crippen molar-refractivity contribution in [3.05, 3.63) is 249 Å². The lowest BCUT2D eigenvalue weighted by Gasteiger charge is -2.20. The minimum Gasteiger partial charge on any atom is -0.307 e. The molecule has 0 amide bonds. The molecule has 3 aromatic heterocycles. The SMILES string of the molecule is c1ccc(-c2ccc(-c3cccc(-c4ccccc4)c3-n3c4ccccc4c4ccc5c(c6ccccc6n5-c5nc(-c6ccccc6)nc(-c6cccc(-c7ccccc7)c6)n5)c43)cc2)cc1. The second kappa shape index (κ2) is 16.4. The molecule has 0 saturated heterocycles. The van der Waals surface area contributed by atoms with Crippen LogP contribution >= 0.6 is 0 Å². The lowest BCUT2D eigenvalue weighted by molar-refractivity contribution is 0.953. The van der Waals surface area contributed by atoms with Crippen LogP contribution in [0.15, 0.2) is 249 Å². The van der Waals surface area contributed by atoms with Crippen LogP contribution in [0.25, 0.3) is 123 Å². The molecule has 318 valence electrons. The lowest BCUT2D eigenvalue weighted by atomic mass is 9.94. The van der Waals surface area contributed by atoms with E-state index in [-0.39, 0.29) is 0 Å². The molecule has 0 fully saturated rings. The molecule has 0 radical (unpaired) electrons. The lowest BCUT2D eigenvalue weighted by Crippen LogP contribution is -2.06. The summed E-state index contributed by atoms with van der Waals surface area (Å²) in [6, 6.07) is 88.3. The monoisotopic (exact) mass is 867 g/mol. The van der Waals surface area contributed by atoms with Crippen LogP contribution in [0.2, 0.25) is 0 Å². The molecule has 5 nitrogen and oxygen atoms in total. The van der Waals surface area contributed by atoms with Crippen LogP contribution in [-0.4, -0.2) is 24.1 Å². The van der Waals surface area contributed by atoms with Gasteiger partial charge in [0, 0.05) is 43.8 Å². The Morgan fingerprint density at radius 2 is 0.721 bits per heavy atom. The fourth-order valence-electron chi connectivity index (χ4n) is 10.1. The molecular formula is C63H41N5. The molecule has 13 aromatic rings. The van der Waals surface area contributed by atoms with Crippen molar-refractivity contribution in [2.75, 3.05) is 0 Å². The second-order valence-corrected chi connectivity index (χ2v) is 17.2. The summed E-state index contributed by atoms with van der Waals surface area (Å²) in [5, 5.41) is 4.58. The first-order chi connectivity index (χ1) is 33.7. The maximum absolute atomic E-state index is 5.38. The van der Waals surface area contributed by atoms with Crippen molar-refractivity contribution in [3.8, 4) is 78.9 Å². The fraction of sp³-hybridized carbons (Fsp3) is 0. The first-order valence-electron chi connectivity index (χ1n) is 23.0. The predicted octanol–water partition coefficient (Wildman–Crippen LogP) is 16.1. The standard InChI is InChI=1S/C63H41N5/c1-5-19-42(20-6-1)44-35-37-46(38-36-44)51-32-18-31-50(45-23-9-3-10-24-45)59(51)68-55-33-15-13-29-52(55)53-39-40-57-58(60(53)68)54-30-14-16-34-56(54)67(57)63-65-61(47-25-11-4-12-26-47)64-62(66-63)49-28-17-27-48(41-49)43-21-7-2-8-22-43/h1-41H. The van der Waals surface area contributed by atoms with Crippen LogP contribution in [0.4, 0.5) is 0 Å². The fourth-order valence-corrected chi connectivity index (χ4v) is 10.1. The molecule has 5 heteroatoms. The number of aromatic nitrogens is 5. The number of benzene rings is 10.